The van der Waals surface area contributed by atoms with Crippen molar-refractivity contribution in [2.75, 3.05) is 29.8 Å². The van der Waals surface area contributed by atoms with Gasteiger partial charge < -0.3 is 9.80 Å². The van der Waals surface area contributed by atoms with Crippen molar-refractivity contribution < 1.29 is 9.59 Å². The van der Waals surface area contributed by atoms with Gasteiger partial charge >= 0.3 is 0 Å². The zero-order valence-corrected chi connectivity index (χ0v) is 12.5. The van der Waals surface area contributed by atoms with Gasteiger partial charge in [-0.05, 0) is 12.1 Å². The first kappa shape index (κ1) is 13.8. The van der Waals surface area contributed by atoms with E-state index in [9.17, 15) is 9.59 Å². The lowest BCUT2D eigenvalue weighted by atomic mass is 10.2. The zero-order chi connectivity index (χ0) is 13.9. The van der Waals surface area contributed by atoms with Crippen molar-refractivity contribution in [1.29, 1.82) is 0 Å². The van der Waals surface area contributed by atoms with Crippen LogP contribution in [0.15, 0.2) is 24.5 Å². The van der Waals surface area contributed by atoms with Crippen LogP contribution in [0, 0.1) is 0 Å². The van der Waals surface area contributed by atoms with Gasteiger partial charge in [-0.15, -0.1) is 23.5 Å². The van der Waals surface area contributed by atoms with Crippen LogP contribution in [0.5, 0.6) is 0 Å². The predicted molar refractivity (Wildman–Crippen MR) is 80.6 cm³/mol. The molecule has 3 heterocycles. The van der Waals surface area contributed by atoms with Crippen LogP contribution in [0.2, 0.25) is 0 Å². The molecule has 2 fully saturated rings. The number of hydrogen-bond acceptors (Lipinski definition) is 5. The summed E-state index contributed by atoms with van der Waals surface area (Å²) in [5.41, 5.74) is 0.594. The largest absolute Gasteiger partial charge is 0.331 e. The van der Waals surface area contributed by atoms with Gasteiger partial charge in [0, 0.05) is 36.0 Å². The monoisotopic (exact) mass is 309 g/mol. The van der Waals surface area contributed by atoms with Gasteiger partial charge in [0.1, 0.15) is 6.04 Å². The molecule has 2 aliphatic rings. The number of thioether (sulfide) groups is 2. The molecule has 2 amide bonds. The van der Waals surface area contributed by atoms with E-state index in [-0.39, 0.29) is 17.9 Å². The molecule has 2 aliphatic heterocycles. The van der Waals surface area contributed by atoms with Crippen molar-refractivity contribution in [2.24, 2.45) is 0 Å². The summed E-state index contributed by atoms with van der Waals surface area (Å²) in [5.74, 6) is 3.02. The minimum absolute atomic E-state index is 0.0809. The number of hydrogen-bond donors (Lipinski definition) is 0. The molecule has 3 rings (SSSR count). The van der Waals surface area contributed by atoms with Crippen molar-refractivity contribution in [3.63, 3.8) is 0 Å². The Bertz CT molecular complexity index is 506. The Kier molecular flexibility index (Phi) is 4.16. The number of aromatic nitrogens is 1. The number of amides is 2. The van der Waals surface area contributed by atoms with E-state index >= 15 is 0 Å². The maximum Gasteiger partial charge on any atom is 0.255 e. The molecule has 1 atom stereocenters. The van der Waals surface area contributed by atoms with Gasteiger partial charge in [0.15, 0.2) is 0 Å². The normalized spacial score (nSPS) is 22.3. The number of rotatable bonds is 2. The molecule has 0 aliphatic carbocycles. The predicted octanol–water partition coefficient (Wildman–Crippen LogP) is 1.13. The quantitative estimate of drug-likeness (QED) is 0.820. The molecule has 5 nitrogen and oxygen atoms in total. The number of nitrogens with zero attached hydrogens (tertiary/aromatic N) is 3. The Morgan fingerprint density at radius 3 is 2.70 bits per heavy atom. The summed E-state index contributed by atoms with van der Waals surface area (Å²) >= 11 is 3.40. The summed E-state index contributed by atoms with van der Waals surface area (Å²) in [6.07, 6.45) is 3.20. The molecule has 0 radical (unpaired) electrons. The third-order valence-corrected chi connectivity index (χ3v) is 5.40. The van der Waals surface area contributed by atoms with E-state index in [4.69, 9.17) is 0 Å². The maximum atomic E-state index is 12.5. The Morgan fingerprint density at radius 1 is 1.20 bits per heavy atom. The zero-order valence-electron chi connectivity index (χ0n) is 10.9. The molecule has 1 aromatic heterocycles. The highest BCUT2D eigenvalue weighted by atomic mass is 32.2. The summed E-state index contributed by atoms with van der Waals surface area (Å²) in [6, 6.07) is 3.07. The van der Waals surface area contributed by atoms with Crippen LogP contribution < -0.4 is 0 Å². The Balaban J connectivity index is 1.75. The van der Waals surface area contributed by atoms with Crippen LogP contribution in [0.25, 0.3) is 0 Å². The van der Waals surface area contributed by atoms with Gasteiger partial charge in [0.2, 0.25) is 5.91 Å². The van der Waals surface area contributed by atoms with Gasteiger partial charge in [0.25, 0.3) is 5.91 Å². The van der Waals surface area contributed by atoms with Crippen molar-refractivity contribution in [3.05, 3.63) is 30.1 Å². The first-order valence-electron chi connectivity index (χ1n) is 6.42. The molecule has 0 aromatic carbocycles. The molecule has 7 heteroatoms. The first-order valence-corrected chi connectivity index (χ1v) is 8.73. The van der Waals surface area contributed by atoms with Crippen LogP contribution in [-0.4, -0.2) is 62.4 Å². The summed E-state index contributed by atoms with van der Waals surface area (Å²) < 4.78 is 0. The van der Waals surface area contributed by atoms with Gasteiger partial charge in [-0.1, -0.05) is 0 Å². The molecule has 0 spiro atoms. The van der Waals surface area contributed by atoms with Crippen molar-refractivity contribution in [1.82, 2.24) is 14.8 Å². The highest BCUT2D eigenvalue weighted by Gasteiger charge is 2.38. The number of pyridine rings is 1. The van der Waals surface area contributed by atoms with Crippen molar-refractivity contribution >= 4 is 35.3 Å². The number of carbonyl (C=O) groups excluding carboxylic acids is 2. The topological polar surface area (TPSA) is 53.5 Å². The molecular formula is C13H15N3O2S2. The second-order valence-corrected chi connectivity index (χ2v) is 6.74. The average Bonchev–Trinajstić information content (AvgIpc) is 3.18. The maximum absolute atomic E-state index is 12.5. The third-order valence-electron chi connectivity index (χ3n) is 3.42. The summed E-state index contributed by atoms with van der Waals surface area (Å²) in [6.45, 7) is 0.794. The summed E-state index contributed by atoms with van der Waals surface area (Å²) in [7, 11) is 0. The lowest BCUT2D eigenvalue weighted by Crippen LogP contribution is -2.48. The van der Waals surface area contributed by atoms with Crippen LogP contribution in [0.1, 0.15) is 10.4 Å². The fourth-order valence-corrected chi connectivity index (χ4v) is 4.41. The van der Waals surface area contributed by atoms with Crippen molar-refractivity contribution in [3.8, 4) is 0 Å². The molecule has 0 saturated carbocycles. The van der Waals surface area contributed by atoms with E-state index in [1.54, 1.807) is 53.0 Å². The van der Waals surface area contributed by atoms with Gasteiger partial charge in [-0.25, -0.2) is 0 Å². The molecule has 106 valence electrons. The van der Waals surface area contributed by atoms with Gasteiger partial charge in [-0.3, -0.25) is 14.6 Å². The summed E-state index contributed by atoms with van der Waals surface area (Å²) in [5, 5.41) is 0. The lowest BCUT2D eigenvalue weighted by molar-refractivity contribution is -0.133. The Morgan fingerprint density at radius 2 is 2.00 bits per heavy atom. The van der Waals surface area contributed by atoms with E-state index in [1.807, 2.05) is 4.90 Å². The van der Waals surface area contributed by atoms with Crippen LogP contribution in [0.3, 0.4) is 0 Å². The molecule has 20 heavy (non-hydrogen) atoms. The van der Waals surface area contributed by atoms with E-state index < -0.39 is 0 Å². The fourth-order valence-electron chi connectivity index (χ4n) is 2.31. The molecular weight excluding hydrogens is 294 g/mol. The smallest absolute Gasteiger partial charge is 0.255 e. The lowest BCUT2D eigenvalue weighted by Gasteiger charge is -2.26. The van der Waals surface area contributed by atoms with E-state index in [2.05, 4.69) is 4.98 Å². The molecule has 1 unspecified atom stereocenters. The Hall–Kier alpha value is -1.21. The van der Waals surface area contributed by atoms with Gasteiger partial charge in [-0.2, -0.15) is 0 Å². The molecule has 1 aromatic rings. The highest BCUT2D eigenvalue weighted by Crippen LogP contribution is 2.26. The van der Waals surface area contributed by atoms with E-state index in [0.717, 1.165) is 18.2 Å². The van der Waals surface area contributed by atoms with Crippen LogP contribution >= 0.6 is 23.5 Å². The Labute approximate surface area is 126 Å². The second kappa shape index (κ2) is 6.05. The van der Waals surface area contributed by atoms with Crippen LogP contribution in [0.4, 0.5) is 0 Å². The minimum Gasteiger partial charge on any atom is -0.331 e. The van der Waals surface area contributed by atoms with Crippen molar-refractivity contribution in [2.45, 2.75) is 6.04 Å². The standard InChI is InChI=1S/C13H15N3O2S2/c17-12(10-1-3-14-4-2-10)16-9-20-7-11(16)13(18)15-5-6-19-8-15/h1-4,11H,5-9H2. The average molecular weight is 309 g/mol. The second-order valence-electron chi connectivity index (χ2n) is 4.67. The fraction of sp³-hybridized carbons (Fsp3) is 0.462. The number of carbonyl (C=O) groups is 2. The summed E-state index contributed by atoms with van der Waals surface area (Å²) in [4.78, 5) is 32.4. The van der Waals surface area contributed by atoms with E-state index in [1.165, 1.54) is 0 Å². The molecule has 0 bridgehead atoms. The van der Waals surface area contributed by atoms with E-state index in [0.29, 0.717) is 17.2 Å². The van der Waals surface area contributed by atoms with Crippen LogP contribution in [-0.2, 0) is 4.79 Å². The SMILES string of the molecule is O=C(C1CSCN1C(=O)c1ccncc1)N1CCSC1. The van der Waals surface area contributed by atoms with Gasteiger partial charge in [0.05, 0.1) is 11.8 Å². The molecule has 2 saturated heterocycles. The molecule has 0 N–H and O–H groups in total. The highest BCUT2D eigenvalue weighted by molar-refractivity contribution is 7.99. The minimum atomic E-state index is -0.320. The first-order chi connectivity index (χ1) is 9.77. The third kappa shape index (κ3) is 2.64.